The van der Waals surface area contributed by atoms with E-state index in [-0.39, 0.29) is 18.2 Å². The summed E-state index contributed by atoms with van der Waals surface area (Å²) in [6.07, 6.45) is 4.64. The molecule has 0 radical (unpaired) electrons. The van der Waals surface area contributed by atoms with Crippen molar-refractivity contribution >= 4 is 17.4 Å². The lowest BCUT2D eigenvalue weighted by molar-refractivity contribution is -0.0381. The maximum Gasteiger partial charge on any atom is 0.317 e. The van der Waals surface area contributed by atoms with Crippen molar-refractivity contribution in [1.29, 1.82) is 0 Å². The number of nitrogens with zero attached hydrogens (tertiary/aromatic N) is 1. The van der Waals surface area contributed by atoms with E-state index in [0.29, 0.717) is 13.2 Å². The molecule has 1 aromatic rings. The zero-order valence-corrected chi connectivity index (χ0v) is 14.6. The highest BCUT2D eigenvalue weighted by molar-refractivity contribution is 7.10. The minimum absolute atomic E-state index is 0.0374. The molecule has 5 nitrogen and oxygen atoms in total. The standard InChI is InChI=1S/C17H26N2O3S/c1-13-6-10-23-16(13)11-18-17(20)19-7-4-14(5-8-19)22-12-15-3-2-9-21-15/h6,10,14-15H,2-5,7-9,11-12H2,1H3,(H,18,20). The van der Waals surface area contributed by atoms with Crippen LogP contribution >= 0.6 is 11.3 Å². The van der Waals surface area contributed by atoms with Gasteiger partial charge < -0.3 is 19.7 Å². The molecule has 2 amide bonds. The van der Waals surface area contributed by atoms with Crippen LogP contribution in [0.1, 0.15) is 36.1 Å². The van der Waals surface area contributed by atoms with Crippen molar-refractivity contribution in [2.75, 3.05) is 26.3 Å². The van der Waals surface area contributed by atoms with Crippen LogP contribution in [-0.4, -0.2) is 49.4 Å². The third-order valence-corrected chi connectivity index (χ3v) is 5.66. The molecule has 6 heteroatoms. The molecule has 1 unspecified atom stereocenters. The van der Waals surface area contributed by atoms with Crippen LogP contribution in [0.2, 0.25) is 0 Å². The maximum atomic E-state index is 12.2. The fraction of sp³-hybridized carbons (Fsp3) is 0.706. The fourth-order valence-electron chi connectivity index (χ4n) is 3.10. The van der Waals surface area contributed by atoms with Gasteiger partial charge >= 0.3 is 6.03 Å². The van der Waals surface area contributed by atoms with Crippen LogP contribution in [0.3, 0.4) is 0 Å². The van der Waals surface area contributed by atoms with Gasteiger partial charge in [0.2, 0.25) is 0 Å². The van der Waals surface area contributed by atoms with E-state index in [1.165, 1.54) is 10.4 Å². The largest absolute Gasteiger partial charge is 0.376 e. The summed E-state index contributed by atoms with van der Waals surface area (Å²) in [4.78, 5) is 15.4. The molecule has 3 rings (SSSR count). The van der Waals surface area contributed by atoms with Gasteiger partial charge in [0, 0.05) is 24.6 Å². The number of rotatable bonds is 5. The van der Waals surface area contributed by atoms with Crippen molar-refractivity contribution in [3.8, 4) is 0 Å². The van der Waals surface area contributed by atoms with Crippen molar-refractivity contribution in [3.63, 3.8) is 0 Å². The summed E-state index contributed by atoms with van der Waals surface area (Å²) in [5.74, 6) is 0. The molecule has 0 aromatic carbocycles. The highest BCUT2D eigenvalue weighted by Crippen LogP contribution is 2.18. The summed E-state index contributed by atoms with van der Waals surface area (Å²) in [6, 6.07) is 2.12. The molecule has 0 aliphatic carbocycles. The lowest BCUT2D eigenvalue weighted by Gasteiger charge is -2.32. The highest BCUT2D eigenvalue weighted by Gasteiger charge is 2.25. The number of thiophene rings is 1. The van der Waals surface area contributed by atoms with Crippen LogP contribution in [0.4, 0.5) is 4.79 Å². The van der Waals surface area contributed by atoms with Gasteiger partial charge in [0.05, 0.1) is 25.4 Å². The van der Waals surface area contributed by atoms with Crippen LogP contribution < -0.4 is 5.32 Å². The average Bonchev–Trinajstić information content (AvgIpc) is 3.23. The first-order valence-corrected chi connectivity index (χ1v) is 9.39. The highest BCUT2D eigenvalue weighted by atomic mass is 32.1. The molecule has 128 valence electrons. The molecule has 1 aromatic heterocycles. The number of likely N-dealkylation sites (tertiary alicyclic amines) is 1. The van der Waals surface area contributed by atoms with Gasteiger partial charge in [-0.05, 0) is 49.6 Å². The molecule has 0 saturated carbocycles. The Morgan fingerprint density at radius 1 is 1.43 bits per heavy atom. The molecule has 2 saturated heterocycles. The van der Waals surface area contributed by atoms with Crippen molar-refractivity contribution in [2.24, 2.45) is 0 Å². The Kier molecular flexibility index (Phi) is 5.91. The SMILES string of the molecule is Cc1ccsc1CNC(=O)N1CCC(OCC2CCCO2)CC1. The molecule has 3 heterocycles. The Morgan fingerprint density at radius 2 is 2.26 bits per heavy atom. The second kappa shape index (κ2) is 8.13. The summed E-state index contributed by atoms with van der Waals surface area (Å²) in [7, 11) is 0. The quantitative estimate of drug-likeness (QED) is 0.898. The molecule has 2 aliphatic heterocycles. The monoisotopic (exact) mass is 338 g/mol. The van der Waals surface area contributed by atoms with E-state index in [1.54, 1.807) is 11.3 Å². The summed E-state index contributed by atoms with van der Waals surface area (Å²) >= 11 is 1.69. The summed E-state index contributed by atoms with van der Waals surface area (Å²) in [6.45, 7) is 5.81. The maximum absolute atomic E-state index is 12.2. The summed E-state index contributed by atoms with van der Waals surface area (Å²) in [5.41, 5.74) is 1.25. The van der Waals surface area contributed by atoms with Gasteiger partial charge in [0.1, 0.15) is 0 Å². The normalized spacial score (nSPS) is 22.5. The third-order valence-electron chi connectivity index (χ3n) is 4.64. The third kappa shape index (κ3) is 4.68. The molecule has 1 atom stereocenters. The molecular weight excluding hydrogens is 312 g/mol. The fourth-order valence-corrected chi connectivity index (χ4v) is 3.94. The minimum atomic E-state index is 0.0374. The van der Waals surface area contributed by atoms with Gasteiger partial charge in [-0.1, -0.05) is 0 Å². The van der Waals surface area contributed by atoms with E-state index < -0.39 is 0 Å². The second-order valence-electron chi connectivity index (χ2n) is 6.34. The molecule has 2 aliphatic rings. The smallest absolute Gasteiger partial charge is 0.317 e. The Balaban J connectivity index is 1.34. The number of ether oxygens (including phenoxy) is 2. The predicted molar refractivity (Wildman–Crippen MR) is 90.8 cm³/mol. The van der Waals surface area contributed by atoms with Crippen molar-refractivity contribution < 1.29 is 14.3 Å². The molecular formula is C17H26N2O3S. The zero-order valence-electron chi connectivity index (χ0n) is 13.8. The molecule has 0 spiro atoms. The first-order chi connectivity index (χ1) is 11.2. The number of hydrogen-bond acceptors (Lipinski definition) is 4. The van der Waals surface area contributed by atoms with Crippen LogP contribution in [0.5, 0.6) is 0 Å². The number of piperidine rings is 1. The second-order valence-corrected chi connectivity index (χ2v) is 7.34. The number of carbonyl (C=O) groups excluding carboxylic acids is 1. The molecule has 1 N–H and O–H groups in total. The van der Waals surface area contributed by atoms with E-state index in [2.05, 4.69) is 23.7 Å². The lowest BCUT2D eigenvalue weighted by atomic mass is 10.1. The van der Waals surface area contributed by atoms with Crippen LogP contribution in [0.25, 0.3) is 0 Å². The number of aryl methyl sites for hydroxylation is 1. The number of amides is 2. The zero-order chi connectivity index (χ0) is 16.1. The first-order valence-electron chi connectivity index (χ1n) is 8.51. The van der Waals surface area contributed by atoms with E-state index in [1.807, 2.05) is 4.90 Å². The van der Waals surface area contributed by atoms with Gasteiger partial charge in [-0.2, -0.15) is 0 Å². The van der Waals surface area contributed by atoms with Crippen molar-refractivity contribution in [2.45, 2.75) is 51.4 Å². The molecule has 0 bridgehead atoms. The number of urea groups is 1. The van der Waals surface area contributed by atoms with Gasteiger partial charge in [-0.15, -0.1) is 11.3 Å². The van der Waals surface area contributed by atoms with Crippen LogP contribution in [0.15, 0.2) is 11.4 Å². The minimum Gasteiger partial charge on any atom is -0.376 e. The predicted octanol–water partition coefficient (Wildman–Crippen LogP) is 2.93. The van der Waals surface area contributed by atoms with E-state index in [9.17, 15) is 4.79 Å². The number of carbonyl (C=O) groups is 1. The van der Waals surface area contributed by atoms with Crippen molar-refractivity contribution in [1.82, 2.24) is 10.2 Å². The Morgan fingerprint density at radius 3 is 2.91 bits per heavy atom. The van der Waals surface area contributed by atoms with E-state index >= 15 is 0 Å². The molecule has 23 heavy (non-hydrogen) atoms. The summed E-state index contributed by atoms with van der Waals surface area (Å²) in [5, 5.41) is 5.09. The Bertz CT molecular complexity index is 506. The van der Waals surface area contributed by atoms with Crippen LogP contribution in [-0.2, 0) is 16.0 Å². The van der Waals surface area contributed by atoms with Crippen LogP contribution in [0, 0.1) is 6.92 Å². The van der Waals surface area contributed by atoms with E-state index in [0.717, 1.165) is 45.4 Å². The molecule has 2 fully saturated rings. The Labute approximate surface area is 142 Å². The summed E-state index contributed by atoms with van der Waals surface area (Å²) < 4.78 is 11.5. The van der Waals surface area contributed by atoms with Crippen molar-refractivity contribution in [3.05, 3.63) is 21.9 Å². The van der Waals surface area contributed by atoms with E-state index in [4.69, 9.17) is 9.47 Å². The average molecular weight is 338 g/mol. The Hall–Kier alpha value is -1.11. The van der Waals surface area contributed by atoms with Gasteiger partial charge in [-0.3, -0.25) is 0 Å². The number of hydrogen-bond donors (Lipinski definition) is 1. The lowest BCUT2D eigenvalue weighted by Crippen LogP contribution is -2.46. The van der Waals surface area contributed by atoms with Gasteiger partial charge in [0.25, 0.3) is 0 Å². The van der Waals surface area contributed by atoms with Gasteiger partial charge in [0.15, 0.2) is 0 Å². The number of nitrogens with one attached hydrogen (secondary N) is 1. The first kappa shape index (κ1) is 16.7. The van der Waals surface area contributed by atoms with Gasteiger partial charge in [-0.25, -0.2) is 4.79 Å². The topological polar surface area (TPSA) is 50.8 Å².